The average molecular weight is 170 g/mol. The minimum absolute atomic E-state index is 0.135. The Morgan fingerprint density at radius 2 is 2.17 bits per heavy atom. The fourth-order valence-electron chi connectivity index (χ4n) is 1.13. The van der Waals surface area contributed by atoms with Gasteiger partial charge in [-0.1, -0.05) is 6.07 Å². The lowest BCUT2D eigenvalue weighted by Gasteiger charge is -2.09. The number of ether oxygens (including phenoxy) is 1. The Balaban J connectivity index is 3.25. The van der Waals surface area contributed by atoms with Gasteiger partial charge in [-0.3, -0.25) is 0 Å². The van der Waals surface area contributed by atoms with Gasteiger partial charge in [0, 0.05) is 11.1 Å². The molecule has 0 atom stereocenters. The van der Waals surface area contributed by atoms with Crippen LogP contribution in [-0.2, 0) is 6.61 Å². The number of aliphatic hydroxyl groups is 1. The van der Waals surface area contributed by atoms with E-state index in [4.69, 9.17) is 9.84 Å². The zero-order chi connectivity index (χ0) is 9.14. The molecule has 2 nitrogen and oxygen atoms in total. The fraction of sp³-hybridized carbons (Fsp3) is 0.333. The molecule has 0 bridgehead atoms. The van der Waals surface area contributed by atoms with Gasteiger partial charge in [0.1, 0.15) is 11.6 Å². The summed E-state index contributed by atoms with van der Waals surface area (Å²) in [5, 5.41) is 8.86. The standard InChI is InChI=1S/C9H11FO2/c1-6-8(10)4-3-7(5-11)9(6)12-2/h3-4,11H,5H2,1-2H3. The summed E-state index contributed by atoms with van der Waals surface area (Å²) in [6.45, 7) is 1.48. The summed E-state index contributed by atoms with van der Waals surface area (Å²) in [5.41, 5.74) is 1.04. The summed E-state index contributed by atoms with van der Waals surface area (Å²) in [6.07, 6.45) is 0. The second-order valence-corrected chi connectivity index (χ2v) is 2.52. The summed E-state index contributed by atoms with van der Waals surface area (Å²) in [6, 6.07) is 2.84. The first kappa shape index (κ1) is 9.00. The van der Waals surface area contributed by atoms with E-state index in [1.54, 1.807) is 6.92 Å². The molecule has 0 saturated heterocycles. The molecule has 0 amide bonds. The first-order valence-electron chi connectivity index (χ1n) is 3.63. The molecule has 1 N–H and O–H groups in total. The average Bonchev–Trinajstić information content (AvgIpc) is 2.09. The van der Waals surface area contributed by atoms with E-state index < -0.39 is 0 Å². The van der Waals surface area contributed by atoms with Crippen LogP contribution in [-0.4, -0.2) is 12.2 Å². The van der Waals surface area contributed by atoms with Gasteiger partial charge in [-0.05, 0) is 13.0 Å². The molecule has 0 radical (unpaired) electrons. The second kappa shape index (κ2) is 3.54. The number of rotatable bonds is 2. The van der Waals surface area contributed by atoms with Crippen LogP contribution in [0.5, 0.6) is 5.75 Å². The van der Waals surface area contributed by atoms with Gasteiger partial charge >= 0.3 is 0 Å². The van der Waals surface area contributed by atoms with Crippen molar-refractivity contribution in [3.8, 4) is 5.75 Å². The van der Waals surface area contributed by atoms with Crippen molar-refractivity contribution in [2.75, 3.05) is 7.11 Å². The highest BCUT2D eigenvalue weighted by Crippen LogP contribution is 2.25. The van der Waals surface area contributed by atoms with Crippen molar-refractivity contribution in [2.45, 2.75) is 13.5 Å². The third-order valence-electron chi connectivity index (χ3n) is 1.80. The highest BCUT2D eigenvalue weighted by atomic mass is 19.1. The summed E-state index contributed by atoms with van der Waals surface area (Å²) in [5.74, 6) is 0.113. The molecular weight excluding hydrogens is 159 g/mol. The van der Waals surface area contributed by atoms with Crippen LogP contribution >= 0.6 is 0 Å². The van der Waals surface area contributed by atoms with Crippen LogP contribution in [0.4, 0.5) is 4.39 Å². The number of aliphatic hydroxyl groups excluding tert-OH is 1. The third-order valence-corrected chi connectivity index (χ3v) is 1.80. The number of hydrogen-bond acceptors (Lipinski definition) is 2. The highest BCUT2D eigenvalue weighted by Gasteiger charge is 2.08. The fourth-order valence-corrected chi connectivity index (χ4v) is 1.13. The highest BCUT2D eigenvalue weighted by molar-refractivity contribution is 5.41. The number of hydrogen-bond donors (Lipinski definition) is 1. The van der Waals surface area contributed by atoms with E-state index in [1.807, 2.05) is 0 Å². The van der Waals surface area contributed by atoms with Gasteiger partial charge in [-0.25, -0.2) is 4.39 Å². The predicted molar refractivity (Wildman–Crippen MR) is 43.6 cm³/mol. The topological polar surface area (TPSA) is 29.5 Å². The van der Waals surface area contributed by atoms with Gasteiger partial charge in [0.25, 0.3) is 0 Å². The molecule has 12 heavy (non-hydrogen) atoms. The second-order valence-electron chi connectivity index (χ2n) is 2.52. The quantitative estimate of drug-likeness (QED) is 0.731. The van der Waals surface area contributed by atoms with Crippen LogP contribution in [0.2, 0.25) is 0 Å². The van der Waals surface area contributed by atoms with Crippen LogP contribution in [0.25, 0.3) is 0 Å². The molecule has 66 valence electrons. The van der Waals surface area contributed by atoms with Gasteiger partial charge in [0.05, 0.1) is 13.7 Å². The van der Waals surface area contributed by atoms with Crippen LogP contribution in [0.15, 0.2) is 12.1 Å². The smallest absolute Gasteiger partial charge is 0.130 e. The van der Waals surface area contributed by atoms with Crippen molar-refractivity contribution in [1.29, 1.82) is 0 Å². The molecule has 0 saturated carbocycles. The van der Waals surface area contributed by atoms with Crippen molar-refractivity contribution in [3.63, 3.8) is 0 Å². The maximum absolute atomic E-state index is 12.9. The normalized spacial score (nSPS) is 10.0. The Hall–Kier alpha value is -1.09. The molecule has 0 unspecified atom stereocenters. The lowest BCUT2D eigenvalue weighted by Crippen LogP contribution is -1.96. The summed E-state index contributed by atoms with van der Waals surface area (Å²) >= 11 is 0. The van der Waals surface area contributed by atoms with Crippen LogP contribution < -0.4 is 4.74 Å². The Morgan fingerprint density at radius 3 is 2.67 bits per heavy atom. The minimum atomic E-state index is -0.316. The van der Waals surface area contributed by atoms with Gasteiger partial charge < -0.3 is 9.84 Å². The van der Waals surface area contributed by atoms with Crippen LogP contribution in [0.3, 0.4) is 0 Å². The lowest BCUT2D eigenvalue weighted by molar-refractivity contribution is 0.273. The third kappa shape index (κ3) is 1.41. The monoisotopic (exact) mass is 170 g/mol. The molecule has 3 heteroatoms. The van der Waals surface area contributed by atoms with Crippen molar-refractivity contribution < 1.29 is 14.2 Å². The van der Waals surface area contributed by atoms with Gasteiger partial charge in [-0.2, -0.15) is 0 Å². The first-order valence-corrected chi connectivity index (χ1v) is 3.63. The van der Waals surface area contributed by atoms with E-state index in [2.05, 4.69) is 0 Å². The molecule has 0 spiro atoms. The van der Waals surface area contributed by atoms with Gasteiger partial charge in [0.2, 0.25) is 0 Å². The maximum atomic E-state index is 12.9. The molecule has 0 heterocycles. The maximum Gasteiger partial charge on any atom is 0.130 e. The Bertz CT molecular complexity index is 284. The molecule has 1 aromatic rings. The van der Waals surface area contributed by atoms with E-state index in [9.17, 15) is 4.39 Å². The molecule has 1 rings (SSSR count). The molecule has 0 aliphatic rings. The largest absolute Gasteiger partial charge is 0.496 e. The van der Waals surface area contributed by atoms with Crippen molar-refractivity contribution in [1.82, 2.24) is 0 Å². The minimum Gasteiger partial charge on any atom is -0.496 e. The summed E-state index contributed by atoms with van der Waals surface area (Å²) in [7, 11) is 1.46. The lowest BCUT2D eigenvalue weighted by atomic mass is 10.1. The number of halogens is 1. The van der Waals surface area contributed by atoms with E-state index in [1.165, 1.54) is 19.2 Å². The zero-order valence-electron chi connectivity index (χ0n) is 7.10. The zero-order valence-corrected chi connectivity index (χ0v) is 7.10. The van der Waals surface area contributed by atoms with Gasteiger partial charge in [-0.15, -0.1) is 0 Å². The Kier molecular flexibility index (Phi) is 2.65. The SMILES string of the molecule is COc1c(CO)ccc(F)c1C. The van der Waals surface area contributed by atoms with Crippen LogP contribution in [0, 0.1) is 12.7 Å². The first-order chi connectivity index (χ1) is 5.70. The summed E-state index contributed by atoms with van der Waals surface area (Å²) in [4.78, 5) is 0. The van der Waals surface area contributed by atoms with E-state index in [0.717, 1.165) is 0 Å². The molecule has 0 aromatic heterocycles. The van der Waals surface area contributed by atoms with Crippen molar-refractivity contribution in [2.24, 2.45) is 0 Å². The van der Waals surface area contributed by atoms with Crippen molar-refractivity contribution >= 4 is 0 Å². The number of benzene rings is 1. The Labute approximate surface area is 70.6 Å². The van der Waals surface area contributed by atoms with Crippen LogP contribution in [0.1, 0.15) is 11.1 Å². The molecule has 1 aromatic carbocycles. The predicted octanol–water partition coefficient (Wildman–Crippen LogP) is 1.64. The number of methoxy groups -OCH3 is 1. The van der Waals surface area contributed by atoms with E-state index >= 15 is 0 Å². The van der Waals surface area contributed by atoms with E-state index in [-0.39, 0.29) is 12.4 Å². The molecule has 0 fully saturated rings. The van der Waals surface area contributed by atoms with Crippen molar-refractivity contribution in [3.05, 3.63) is 29.1 Å². The Morgan fingerprint density at radius 1 is 1.50 bits per heavy atom. The summed E-state index contributed by atoms with van der Waals surface area (Å²) < 4.78 is 17.9. The van der Waals surface area contributed by atoms with E-state index in [0.29, 0.717) is 16.9 Å². The molecule has 0 aliphatic heterocycles. The van der Waals surface area contributed by atoms with Gasteiger partial charge in [0.15, 0.2) is 0 Å². The molecular formula is C9H11FO2. The molecule has 0 aliphatic carbocycles.